The third-order valence-corrected chi connectivity index (χ3v) is 6.54. The first-order valence-electron chi connectivity index (χ1n) is 11.3. The maximum Gasteiger partial charge on any atom is 0.322 e. The summed E-state index contributed by atoms with van der Waals surface area (Å²) in [6.45, 7) is 3.26. The molecule has 3 heterocycles. The Kier molecular flexibility index (Phi) is 5.79. The molecule has 176 valence electrons. The highest BCUT2D eigenvalue weighted by Gasteiger charge is 2.55. The van der Waals surface area contributed by atoms with Gasteiger partial charge in [-0.15, -0.1) is 0 Å². The zero-order valence-electron chi connectivity index (χ0n) is 18.5. The number of halogens is 1. The van der Waals surface area contributed by atoms with Crippen LogP contribution in [-0.2, 0) is 15.1 Å². The first-order valence-corrected chi connectivity index (χ1v) is 11.3. The number of rotatable bonds is 4. The molecule has 9 heteroatoms. The number of nitrogens with one attached hydrogen (secondary N) is 2. The average Bonchev–Trinajstić information content (AvgIpc) is 3.13. The van der Waals surface area contributed by atoms with Gasteiger partial charge in [-0.2, -0.15) is 0 Å². The summed E-state index contributed by atoms with van der Waals surface area (Å²) in [5.74, 6) is -1.20. The number of carbonyl (C=O) groups is 3. The molecule has 2 saturated heterocycles. The molecule has 4 amide bonds. The van der Waals surface area contributed by atoms with Crippen molar-refractivity contribution in [2.24, 2.45) is 0 Å². The molecule has 2 N–H and O–H groups in total. The van der Waals surface area contributed by atoms with Crippen molar-refractivity contribution < 1.29 is 23.5 Å². The smallest absolute Gasteiger partial charge is 0.322 e. The molecule has 8 nitrogen and oxygen atoms in total. The molecule has 3 aliphatic heterocycles. The van der Waals surface area contributed by atoms with Crippen LogP contribution in [0.4, 0.5) is 9.18 Å². The molecule has 2 unspecified atom stereocenters. The van der Waals surface area contributed by atoms with Crippen LogP contribution in [0.5, 0.6) is 5.75 Å². The standard InChI is InChI=1S/C25H25FN4O4/c26-18-8-9-20-19(15-18)25(23(32)27-24(33)28-25)16-21(34-20)22(31)30-13-11-29(12-14-30)10-4-7-17-5-2-1-3-6-17/h1-9,15,21H,10-14,16H2,(H2,27,28,32,33). The normalized spacial score (nSPS) is 24.6. The van der Waals surface area contributed by atoms with Gasteiger partial charge in [0, 0.05) is 44.7 Å². The van der Waals surface area contributed by atoms with Crippen LogP contribution in [0.15, 0.2) is 54.6 Å². The molecule has 0 bridgehead atoms. The van der Waals surface area contributed by atoms with Crippen LogP contribution in [0.3, 0.4) is 0 Å². The first kappa shape index (κ1) is 22.1. The summed E-state index contributed by atoms with van der Waals surface area (Å²) in [4.78, 5) is 41.9. The highest BCUT2D eigenvalue weighted by molar-refractivity contribution is 6.08. The Morgan fingerprint density at radius 2 is 1.88 bits per heavy atom. The fourth-order valence-electron chi connectivity index (χ4n) is 4.74. The lowest BCUT2D eigenvalue weighted by Crippen LogP contribution is -2.57. The third kappa shape index (κ3) is 4.14. The molecule has 3 aliphatic rings. The van der Waals surface area contributed by atoms with E-state index in [2.05, 4.69) is 27.7 Å². The predicted octanol–water partition coefficient (Wildman–Crippen LogP) is 1.87. The van der Waals surface area contributed by atoms with Crippen molar-refractivity contribution in [3.63, 3.8) is 0 Å². The Labute approximate surface area is 196 Å². The van der Waals surface area contributed by atoms with Gasteiger partial charge in [-0.05, 0) is 23.8 Å². The van der Waals surface area contributed by atoms with E-state index in [9.17, 15) is 18.8 Å². The van der Waals surface area contributed by atoms with Gasteiger partial charge < -0.3 is 15.0 Å². The summed E-state index contributed by atoms with van der Waals surface area (Å²) in [6, 6.07) is 13.2. The fourth-order valence-corrected chi connectivity index (χ4v) is 4.74. The molecule has 2 fully saturated rings. The second-order valence-electron chi connectivity index (χ2n) is 8.70. The lowest BCUT2D eigenvalue weighted by molar-refractivity contribution is -0.143. The molecule has 2 aromatic carbocycles. The quantitative estimate of drug-likeness (QED) is 0.675. The summed E-state index contributed by atoms with van der Waals surface area (Å²) < 4.78 is 19.8. The van der Waals surface area contributed by atoms with E-state index < -0.39 is 29.4 Å². The Hall–Kier alpha value is -3.72. The van der Waals surface area contributed by atoms with Crippen molar-refractivity contribution in [3.8, 4) is 5.75 Å². The topological polar surface area (TPSA) is 91.0 Å². The number of imide groups is 1. The van der Waals surface area contributed by atoms with Gasteiger partial charge in [-0.25, -0.2) is 9.18 Å². The number of fused-ring (bicyclic) bond motifs is 2. The molecule has 1 spiro atoms. The Bertz CT molecular complexity index is 1150. The van der Waals surface area contributed by atoms with Crippen molar-refractivity contribution in [2.45, 2.75) is 18.1 Å². The maximum absolute atomic E-state index is 13.9. The maximum atomic E-state index is 13.9. The van der Waals surface area contributed by atoms with Crippen molar-refractivity contribution in [1.82, 2.24) is 20.4 Å². The lowest BCUT2D eigenvalue weighted by atomic mass is 9.81. The van der Waals surface area contributed by atoms with Crippen LogP contribution in [-0.4, -0.2) is 66.5 Å². The third-order valence-electron chi connectivity index (χ3n) is 6.54. The van der Waals surface area contributed by atoms with Gasteiger partial charge in [0.25, 0.3) is 11.8 Å². The van der Waals surface area contributed by atoms with Crippen LogP contribution < -0.4 is 15.4 Å². The number of ether oxygens (including phenoxy) is 1. The van der Waals surface area contributed by atoms with E-state index in [-0.39, 0.29) is 23.6 Å². The number of hydrogen-bond acceptors (Lipinski definition) is 5. The van der Waals surface area contributed by atoms with Crippen LogP contribution in [0.2, 0.25) is 0 Å². The van der Waals surface area contributed by atoms with E-state index in [1.54, 1.807) is 4.90 Å². The Morgan fingerprint density at radius 1 is 1.12 bits per heavy atom. The van der Waals surface area contributed by atoms with Gasteiger partial charge in [0.2, 0.25) is 0 Å². The first-order chi connectivity index (χ1) is 16.4. The zero-order chi connectivity index (χ0) is 23.7. The second kappa shape index (κ2) is 8.90. The molecule has 0 saturated carbocycles. The molecular formula is C25H25FN4O4. The molecule has 2 aromatic rings. The largest absolute Gasteiger partial charge is 0.480 e. The minimum atomic E-state index is -1.53. The fraction of sp³-hybridized carbons (Fsp3) is 0.320. The van der Waals surface area contributed by atoms with Crippen molar-refractivity contribution in [1.29, 1.82) is 0 Å². The predicted molar refractivity (Wildman–Crippen MR) is 122 cm³/mol. The zero-order valence-corrected chi connectivity index (χ0v) is 18.5. The van der Waals surface area contributed by atoms with Crippen molar-refractivity contribution in [2.75, 3.05) is 32.7 Å². The highest BCUT2D eigenvalue weighted by atomic mass is 19.1. The number of carbonyl (C=O) groups excluding carboxylic acids is 3. The van der Waals surface area contributed by atoms with E-state index in [4.69, 9.17) is 4.74 Å². The van der Waals surface area contributed by atoms with Crippen molar-refractivity contribution >= 4 is 23.9 Å². The number of hydrogen-bond donors (Lipinski definition) is 2. The summed E-state index contributed by atoms with van der Waals surface area (Å²) in [7, 11) is 0. The van der Waals surface area contributed by atoms with Crippen LogP contribution >= 0.6 is 0 Å². The van der Waals surface area contributed by atoms with Crippen LogP contribution in [0, 0.1) is 5.82 Å². The van der Waals surface area contributed by atoms with Crippen LogP contribution in [0.25, 0.3) is 6.08 Å². The van der Waals surface area contributed by atoms with E-state index in [1.807, 2.05) is 30.3 Å². The number of urea groups is 1. The average molecular weight is 464 g/mol. The van der Waals surface area contributed by atoms with E-state index in [0.717, 1.165) is 12.1 Å². The summed E-state index contributed by atoms with van der Waals surface area (Å²) in [6.07, 6.45) is 3.12. The molecule has 0 radical (unpaired) electrons. The molecule has 2 atom stereocenters. The van der Waals surface area contributed by atoms with Gasteiger partial charge in [0.05, 0.1) is 0 Å². The highest BCUT2D eigenvalue weighted by Crippen LogP contribution is 2.42. The number of nitrogens with zero attached hydrogens (tertiary/aromatic N) is 2. The van der Waals surface area contributed by atoms with Gasteiger partial charge >= 0.3 is 6.03 Å². The van der Waals surface area contributed by atoms with E-state index in [0.29, 0.717) is 26.2 Å². The van der Waals surface area contributed by atoms with Crippen molar-refractivity contribution in [3.05, 3.63) is 71.6 Å². The van der Waals surface area contributed by atoms with Crippen LogP contribution in [0.1, 0.15) is 17.5 Å². The Balaban J connectivity index is 1.25. The van der Waals surface area contributed by atoms with Gasteiger partial charge in [-0.3, -0.25) is 19.8 Å². The summed E-state index contributed by atoms with van der Waals surface area (Å²) in [5.41, 5.74) is -0.172. The Morgan fingerprint density at radius 3 is 2.59 bits per heavy atom. The summed E-state index contributed by atoms with van der Waals surface area (Å²) >= 11 is 0. The monoisotopic (exact) mass is 464 g/mol. The SMILES string of the molecule is O=C1NC(=O)C2(CC(C(=O)N3CCN(CC=Cc4ccccc4)CC3)Oc3ccc(F)cc32)N1. The molecule has 5 rings (SSSR count). The lowest BCUT2D eigenvalue weighted by Gasteiger charge is -2.40. The molecular weight excluding hydrogens is 439 g/mol. The number of amides is 4. The minimum absolute atomic E-state index is 0.0973. The van der Waals surface area contributed by atoms with Gasteiger partial charge in [0.15, 0.2) is 11.6 Å². The minimum Gasteiger partial charge on any atom is -0.480 e. The second-order valence-corrected chi connectivity index (χ2v) is 8.70. The van der Waals surface area contributed by atoms with E-state index in [1.165, 1.54) is 18.2 Å². The molecule has 0 aromatic heterocycles. The van der Waals surface area contributed by atoms with Gasteiger partial charge in [0.1, 0.15) is 11.6 Å². The molecule has 0 aliphatic carbocycles. The van der Waals surface area contributed by atoms with E-state index >= 15 is 0 Å². The number of piperazine rings is 1. The molecule has 34 heavy (non-hydrogen) atoms. The number of benzene rings is 2. The van der Waals surface area contributed by atoms with Gasteiger partial charge in [-0.1, -0.05) is 42.5 Å². The summed E-state index contributed by atoms with van der Waals surface area (Å²) in [5, 5.41) is 4.81.